The molecule has 0 unspecified atom stereocenters. The Morgan fingerprint density at radius 2 is 1.96 bits per heavy atom. The number of carbonyl (C=O) groups is 1. The highest BCUT2D eigenvalue weighted by Gasteiger charge is 2.15. The third kappa shape index (κ3) is 7.17. The van der Waals surface area contributed by atoms with E-state index in [1.54, 1.807) is 11.3 Å². The van der Waals surface area contributed by atoms with E-state index >= 15 is 0 Å². The topological polar surface area (TPSA) is 45.2 Å². The predicted molar refractivity (Wildman–Crippen MR) is 112 cm³/mol. The van der Waals surface area contributed by atoms with Crippen LogP contribution in [0.2, 0.25) is 0 Å². The summed E-state index contributed by atoms with van der Waals surface area (Å²) in [6.07, 6.45) is 1.16. The summed E-state index contributed by atoms with van der Waals surface area (Å²) >= 11 is 3.44. The fourth-order valence-electron chi connectivity index (χ4n) is 2.51. The Morgan fingerprint density at radius 3 is 2.58 bits per heavy atom. The zero-order valence-corrected chi connectivity index (χ0v) is 18.2. The van der Waals surface area contributed by atoms with Gasteiger partial charge in [0.1, 0.15) is 10.7 Å². The third-order valence-electron chi connectivity index (χ3n) is 4.01. The molecule has 0 spiro atoms. The molecule has 0 saturated heterocycles. The normalized spacial score (nSPS) is 11.7. The molecule has 4 nitrogen and oxygen atoms in total. The molecule has 0 aliphatic rings. The van der Waals surface area contributed by atoms with Crippen LogP contribution in [0.3, 0.4) is 0 Å². The van der Waals surface area contributed by atoms with Gasteiger partial charge in [0.15, 0.2) is 0 Å². The van der Waals surface area contributed by atoms with Gasteiger partial charge in [-0.15, -0.1) is 22.7 Å². The molecule has 0 aromatic carbocycles. The number of aromatic nitrogens is 1. The summed E-state index contributed by atoms with van der Waals surface area (Å²) < 4.78 is 0. The van der Waals surface area contributed by atoms with E-state index in [2.05, 4.69) is 62.0 Å². The minimum Gasteiger partial charge on any atom is -0.350 e. The number of thiazole rings is 1. The van der Waals surface area contributed by atoms with Crippen LogP contribution in [0.1, 0.15) is 59.4 Å². The van der Waals surface area contributed by atoms with E-state index in [-0.39, 0.29) is 5.91 Å². The van der Waals surface area contributed by atoms with Crippen molar-refractivity contribution in [3.63, 3.8) is 0 Å². The van der Waals surface area contributed by atoms with Crippen molar-refractivity contribution in [2.24, 2.45) is 11.8 Å². The van der Waals surface area contributed by atoms with Gasteiger partial charge in [0.25, 0.3) is 5.91 Å². The molecule has 0 fully saturated rings. The maximum Gasteiger partial charge on any atom is 0.270 e. The van der Waals surface area contributed by atoms with Crippen LogP contribution in [0.25, 0.3) is 0 Å². The number of rotatable bonds is 10. The molecule has 144 valence electrons. The van der Waals surface area contributed by atoms with Crippen molar-refractivity contribution in [2.45, 2.75) is 54.1 Å². The average molecular weight is 394 g/mol. The zero-order valence-electron chi connectivity index (χ0n) is 16.5. The Hall–Kier alpha value is -1.24. The minimum atomic E-state index is -0.0659. The van der Waals surface area contributed by atoms with Gasteiger partial charge in [0, 0.05) is 28.2 Å². The van der Waals surface area contributed by atoms with Crippen molar-refractivity contribution in [1.82, 2.24) is 15.2 Å². The van der Waals surface area contributed by atoms with E-state index < -0.39 is 0 Å². The average Bonchev–Trinajstić information content (AvgIpc) is 3.19. The lowest BCUT2D eigenvalue weighted by Crippen LogP contribution is -2.28. The molecule has 2 aromatic heterocycles. The summed E-state index contributed by atoms with van der Waals surface area (Å²) in [5.41, 5.74) is 0.543. The molecule has 2 rings (SSSR count). The molecular formula is C20H31N3OS2. The third-order valence-corrected chi connectivity index (χ3v) is 5.83. The second kappa shape index (κ2) is 10.2. The summed E-state index contributed by atoms with van der Waals surface area (Å²) in [5.74, 6) is 1.05. The molecule has 0 bridgehead atoms. The SMILES string of the molecule is Cc1ccc(CN(CCC(C)C)Cc2nc(C(=O)NCC(C)C)cs2)s1. The molecule has 1 N–H and O–H groups in total. The quantitative estimate of drug-likeness (QED) is 0.621. The van der Waals surface area contributed by atoms with E-state index in [4.69, 9.17) is 0 Å². The second-order valence-corrected chi connectivity index (χ2v) is 9.95. The van der Waals surface area contributed by atoms with Crippen molar-refractivity contribution < 1.29 is 4.79 Å². The zero-order chi connectivity index (χ0) is 19.1. The Bertz CT molecular complexity index is 691. The van der Waals surface area contributed by atoms with Gasteiger partial charge >= 0.3 is 0 Å². The standard InChI is InChI=1S/C20H31N3OS2/c1-14(2)8-9-23(11-17-7-6-16(5)26-17)12-19-22-18(13-25-19)20(24)21-10-15(3)4/h6-7,13-15H,8-12H2,1-5H3,(H,21,24). The van der Waals surface area contributed by atoms with Gasteiger partial charge in [0.05, 0.1) is 6.54 Å². The Morgan fingerprint density at radius 1 is 1.19 bits per heavy atom. The summed E-state index contributed by atoms with van der Waals surface area (Å²) in [6.45, 7) is 14.3. The maximum absolute atomic E-state index is 12.2. The van der Waals surface area contributed by atoms with Crippen molar-refractivity contribution >= 4 is 28.6 Å². The highest BCUT2D eigenvalue weighted by atomic mass is 32.1. The minimum absolute atomic E-state index is 0.0659. The van der Waals surface area contributed by atoms with Gasteiger partial charge < -0.3 is 5.32 Å². The van der Waals surface area contributed by atoms with Crippen molar-refractivity contribution in [3.8, 4) is 0 Å². The van der Waals surface area contributed by atoms with Gasteiger partial charge in [-0.3, -0.25) is 9.69 Å². The second-order valence-electron chi connectivity index (χ2n) is 7.64. The molecule has 1 amide bonds. The van der Waals surface area contributed by atoms with Gasteiger partial charge in [0.2, 0.25) is 0 Å². The summed E-state index contributed by atoms with van der Waals surface area (Å²) in [5, 5.41) is 5.83. The fraction of sp³-hybridized carbons (Fsp3) is 0.600. The number of hydrogen-bond acceptors (Lipinski definition) is 5. The first-order valence-corrected chi connectivity index (χ1v) is 11.0. The smallest absolute Gasteiger partial charge is 0.270 e. The molecule has 0 aliphatic carbocycles. The van der Waals surface area contributed by atoms with Crippen LogP contribution < -0.4 is 5.32 Å². The first kappa shape index (κ1) is 21.1. The molecule has 2 heterocycles. The van der Waals surface area contributed by atoms with Gasteiger partial charge in [-0.25, -0.2) is 4.98 Å². The number of thiophene rings is 1. The van der Waals surface area contributed by atoms with Gasteiger partial charge in [-0.1, -0.05) is 27.7 Å². The lowest BCUT2D eigenvalue weighted by atomic mass is 10.1. The van der Waals surface area contributed by atoms with Crippen LogP contribution in [0.5, 0.6) is 0 Å². The number of carbonyl (C=O) groups excluding carboxylic acids is 1. The summed E-state index contributed by atoms with van der Waals surface area (Å²) in [6, 6.07) is 4.40. The maximum atomic E-state index is 12.2. The monoisotopic (exact) mass is 393 g/mol. The van der Waals surface area contributed by atoms with Gasteiger partial charge in [-0.2, -0.15) is 0 Å². The molecule has 0 atom stereocenters. The Labute approximate surface area is 165 Å². The van der Waals surface area contributed by atoms with Crippen LogP contribution in [0, 0.1) is 18.8 Å². The number of hydrogen-bond donors (Lipinski definition) is 1. The molecule has 0 saturated carbocycles. The molecule has 0 aliphatic heterocycles. The lowest BCUT2D eigenvalue weighted by Gasteiger charge is -2.21. The van der Waals surface area contributed by atoms with Crippen LogP contribution in [-0.4, -0.2) is 28.9 Å². The lowest BCUT2D eigenvalue weighted by molar-refractivity contribution is 0.0944. The first-order chi connectivity index (χ1) is 12.3. The van der Waals surface area contributed by atoms with Crippen LogP contribution >= 0.6 is 22.7 Å². The Kier molecular flexibility index (Phi) is 8.25. The molecule has 6 heteroatoms. The first-order valence-electron chi connectivity index (χ1n) is 9.33. The van der Waals surface area contributed by atoms with E-state index in [0.717, 1.165) is 31.1 Å². The highest BCUT2D eigenvalue weighted by molar-refractivity contribution is 7.11. The van der Waals surface area contributed by atoms with Crippen molar-refractivity contribution in [2.75, 3.05) is 13.1 Å². The van der Waals surface area contributed by atoms with Crippen LogP contribution in [-0.2, 0) is 13.1 Å². The molecular weight excluding hydrogens is 362 g/mol. The fourth-order valence-corrected chi connectivity index (χ4v) is 4.26. The van der Waals surface area contributed by atoms with E-state index in [1.807, 2.05) is 16.7 Å². The van der Waals surface area contributed by atoms with Gasteiger partial charge in [-0.05, 0) is 43.9 Å². The molecule has 2 aromatic rings. The van der Waals surface area contributed by atoms with E-state index in [1.165, 1.54) is 9.75 Å². The van der Waals surface area contributed by atoms with Crippen LogP contribution in [0.15, 0.2) is 17.5 Å². The summed E-state index contributed by atoms with van der Waals surface area (Å²) in [4.78, 5) is 21.9. The molecule has 0 radical (unpaired) electrons. The van der Waals surface area contributed by atoms with E-state index in [9.17, 15) is 4.79 Å². The highest BCUT2D eigenvalue weighted by Crippen LogP contribution is 2.20. The number of aryl methyl sites for hydroxylation is 1. The molecule has 26 heavy (non-hydrogen) atoms. The summed E-state index contributed by atoms with van der Waals surface area (Å²) in [7, 11) is 0. The van der Waals surface area contributed by atoms with Crippen LogP contribution in [0.4, 0.5) is 0 Å². The Balaban J connectivity index is 1.99. The van der Waals surface area contributed by atoms with E-state index in [0.29, 0.717) is 24.1 Å². The predicted octanol–water partition coefficient (Wildman–Crippen LogP) is 4.95. The van der Waals surface area contributed by atoms with Crippen molar-refractivity contribution in [1.29, 1.82) is 0 Å². The largest absolute Gasteiger partial charge is 0.350 e. The number of nitrogens with zero attached hydrogens (tertiary/aromatic N) is 2. The number of nitrogens with one attached hydrogen (secondary N) is 1. The van der Waals surface area contributed by atoms with Crippen molar-refractivity contribution in [3.05, 3.63) is 38.0 Å². The number of amides is 1.